The van der Waals surface area contributed by atoms with Crippen molar-refractivity contribution < 1.29 is 5.11 Å². The Kier molecular flexibility index (Phi) is 3.65. The van der Waals surface area contributed by atoms with Gasteiger partial charge < -0.3 is 10.4 Å². The van der Waals surface area contributed by atoms with Crippen LogP contribution in [0.2, 0.25) is 0 Å². The molecule has 0 aliphatic heterocycles. The highest BCUT2D eigenvalue weighted by molar-refractivity contribution is 5.59. The molecule has 1 saturated carbocycles. The molecule has 90 valence electrons. The second kappa shape index (κ2) is 5.20. The van der Waals surface area contributed by atoms with E-state index in [4.69, 9.17) is 5.26 Å². The molecule has 0 aromatic heterocycles. The molecular weight excluding hydrogens is 212 g/mol. The van der Waals surface area contributed by atoms with E-state index >= 15 is 0 Å². The normalized spacial score (nSPS) is 23.4. The Labute approximate surface area is 102 Å². The predicted octanol–water partition coefficient (Wildman–Crippen LogP) is 2.44. The van der Waals surface area contributed by atoms with Gasteiger partial charge >= 0.3 is 0 Å². The second-order valence-corrected chi connectivity index (χ2v) is 4.79. The summed E-state index contributed by atoms with van der Waals surface area (Å²) in [6, 6.07) is 8.38. The summed E-state index contributed by atoms with van der Waals surface area (Å²) in [5.41, 5.74) is 2.68. The van der Waals surface area contributed by atoms with E-state index < -0.39 is 0 Å². The second-order valence-electron chi connectivity index (χ2n) is 4.79. The molecule has 3 nitrogen and oxygen atoms in total. The van der Waals surface area contributed by atoms with Crippen molar-refractivity contribution >= 4 is 5.69 Å². The molecule has 3 heteroatoms. The number of aryl methyl sites for hydroxylation is 1. The molecule has 1 aromatic carbocycles. The Bertz CT molecular complexity index is 436. The molecule has 2 rings (SSSR count). The molecule has 1 aliphatic rings. The average Bonchev–Trinajstić information content (AvgIpc) is 2.78. The fraction of sp³-hybridized carbons (Fsp3) is 0.500. The first-order chi connectivity index (χ1) is 8.24. The van der Waals surface area contributed by atoms with Crippen LogP contribution in [0.5, 0.6) is 0 Å². The third-order valence-electron chi connectivity index (χ3n) is 3.53. The van der Waals surface area contributed by atoms with Gasteiger partial charge in [0.25, 0.3) is 0 Å². The van der Waals surface area contributed by atoms with Crippen molar-refractivity contribution in [1.82, 2.24) is 0 Å². The van der Waals surface area contributed by atoms with E-state index in [1.54, 1.807) is 0 Å². The van der Waals surface area contributed by atoms with Gasteiger partial charge in [0.1, 0.15) is 6.07 Å². The number of hydrogen-bond acceptors (Lipinski definition) is 3. The Balaban J connectivity index is 2.16. The van der Waals surface area contributed by atoms with E-state index in [1.165, 1.54) is 0 Å². The maximum atomic E-state index is 9.28. The van der Waals surface area contributed by atoms with E-state index in [9.17, 15) is 5.11 Å². The van der Waals surface area contributed by atoms with Gasteiger partial charge in [0.15, 0.2) is 0 Å². The lowest BCUT2D eigenvalue weighted by Crippen LogP contribution is -2.26. The van der Waals surface area contributed by atoms with Crippen LogP contribution >= 0.6 is 0 Å². The van der Waals surface area contributed by atoms with Crippen molar-refractivity contribution in [3.8, 4) is 6.07 Å². The van der Waals surface area contributed by atoms with Crippen LogP contribution in [-0.2, 0) is 0 Å². The summed E-state index contributed by atoms with van der Waals surface area (Å²) < 4.78 is 0. The predicted molar refractivity (Wildman–Crippen MR) is 67.7 cm³/mol. The molecule has 0 saturated heterocycles. The number of rotatable bonds is 3. The molecule has 0 amide bonds. The van der Waals surface area contributed by atoms with Gasteiger partial charge in [0.05, 0.1) is 11.3 Å². The number of aliphatic hydroxyl groups excluding tert-OH is 1. The molecule has 0 heterocycles. The van der Waals surface area contributed by atoms with Crippen molar-refractivity contribution in [2.45, 2.75) is 32.2 Å². The Morgan fingerprint density at radius 2 is 2.29 bits per heavy atom. The zero-order valence-corrected chi connectivity index (χ0v) is 10.1. The van der Waals surface area contributed by atoms with Gasteiger partial charge in [-0.3, -0.25) is 0 Å². The number of nitriles is 1. The lowest BCUT2D eigenvalue weighted by Gasteiger charge is -2.21. The minimum absolute atomic E-state index is 0.228. The standard InChI is InChI=1S/C14H18N2O/c1-10-5-6-14(12(7-10)8-15)16-13-4-2-3-11(13)9-17/h5-7,11,13,16-17H,2-4,9H2,1H3. The van der Waals surface area contributed by atoms with Crippen molar-refractivity contribution in [3.05, 3.63) is 29.3 Å². The van der Waals surface area contributed by atoms with Crippen molar-refractivity contribution in [3.63, 3.8) is 0 Å². The van der Waals surface area contributed by atoms with Crippen LogP contribution in [0.4, 0.5) is 5.69 Å². The average molecular weight is 230 g/mol. The molecule has 17 heavy (non-hydrogen) atoms. The molecular formula is C14H18N2O. The third kappa shape index (κ3) is 2.59. The van der Waals surface area contributed by atoms with Gasteiger partial charge in [-0.1, -0.05) is 12.5 Å². The summed E-state index contributed by atoms with van der Waals surface area (Å²) in [6.45, 7) is 2.21. The summed E-state index contributed by atoms with van der Waals surface area (Å²) in [5, 5.41) is 21.8. The van der Waals surface area contributed by atoms with Crippen LogP contribution in [0.15, 0.2) is 18.2 Å². The van der Waals surface area contributed by atoms with Gasteiger partial charge in [-0.25, -0.2) is 0 Å². The van der Waals surface area contributed by atoms with Gasteiger partial charge in [-0.05, 0) is 37.5 Å². The first-order valence-electron chi connectivity index (χ1n) is 6.12. The Morgan fingerprint density at radius 1 is 1.47 bits per heavy atom. The van der Waals surface area contributed by atoms with Crippen LogP contribution < -0.4 is 5.32 Å². The smallest absolute Gasteiger partial charge is 0.101 e. The number of aliphatic hydroxyl groups is 1. The molecule has 0 bridgehead atoms. The highest BCUT2D eigenvalue weighted by Crippen LogP contribution is 2.29. The summed E-state index contributed by atoms with van der Waals surface area (Å²) >= 11 is 0. The van der Waals surface area contributed by atoms with E-state index in [0.29, 0.717) is 17.5 Å². The van der Waals surface area contributed by atoms with E-state index in [1.807, 2.05) is 25.1 Å². The summed E-state index contributed by atoms with van der Waals surface area (Å²) in [5.74, 6) is 0.322. The zero-order valence-electron chi connectivity index (χ0n) is 10.1. The quantitative estimate of drug-likeness (QED) is 0.838. The molecule has 1 aliphatic carbocycles. The lowest BCUT2D eigenvalue weighted by atomic mass is 10.0. The van der Waals surface area contributed by atoms with E-state index in [0.717, 1.165) is 30.5 Å². The van der Waals surface area contributed by atoms with Crippen molar-refractivity contribution in [1.29, 1.82) is 5.26 Å². The van der Waals surface area contributed by atoms with Crippen LogP contribution in [0.3, 0.4) is 0 Å². The number of nitrogens with one attached hydrogen (secondary N) is 1. The largest absolute Gasteiger partial charge is 0.396 e. The molecule has 2 atom stereocenters. The minimum Gasteiger partial charge on any atom is -0.396 e. The molecule has 2 N–H and O–H groups in total. The Hall–Kier alpha value is -1.53. The first-order valence-corrected chi connectivity index (χ1v) is 6.12. The molecule has 1 aromatic rings. The number of benzene rings is 1. The van der Waals surface area contributed by atoms with Gasteiger partial charge in [-0.15, -0.1) is 0 Å². The van der Waals surface area contributed by atoms with Crippen LogP contribution in [0.25, 0.3) is 0 Å². The summed E-state index contributed by atoms with van der Waals surface area (Å²) in [4.78, 5) is 0. The van der Waals surface area contributed by atoms with Crippen LogP contribution in [-0.4, -0.2) is 17.8 Å². The maximum absolute atomic E-state index is 9.28. The topological polar surface area (TPSA) is 56.0 Å². The van der Waals surface area contributed by atoms with Crippen LogP contribution in [0.1, 0.15) is 30.4 Å². The highest BCUT2D eigenvalue weighted by atomic mass is 16.3. The third-order valence-corrected chi connectivity index (χ3v) is 3.53. The lowest BCUT2D eigenvalue weighted by molar-refractivity contribution is 0.222. The van der Waals surface area contributed by atoms with Gasteiger partial charge in [0, 0.05) is 18.6 Å². The minimum atomic E-state index is 0.228. The fourth-order valence-electron chi connectivity index (χ4n) is 2.52. The molecule has 1 fully saturated rings. The maximum Gasteiger partial charge on any atom is 0.101 e. The van der Waals surface area contributed by atoms with E-state index in [2.05, 4.69) is 11.4 Å². The van der Waals surface area contributed by atoms with Gasteiger partial charge in [0.2, 0.25) is 0 Å². The first kappa shape index (κ1) is 11.9. The van der Waals surface area contributed by atoms with Crippen molar-refractivity contribution in [2.75, 3.05) is 11.9 Å². The zero-order chi connectivity index (χ0) is 12.3. The number of nitrogens with zero attached hydrogens (tertiary/aromatic N) is 1. The van der Waals surface area contributed by atoms with E-state index in [-0.39, 0.29) is 6.61 Å². The molecule has 0 radical (unpaired) electrons. The molecule has 0 spiro atoms. The monoisotopic (exact) mass is 230 g/mol. The number of anilines is 1. The number of hydrogen-bond donors (Lipinski definition) is 2. The van der Waals surface area contributed by atoms with Gasteiger partial charge in [-0.2, -0.15) is 5.26 Å². The fourth-order valence-corrected chi connectivity index (χ4v) is 2.52. The highest BCUT2D eigenvalue weighted by Gasteiger charge is 2.26. The summed E-state index contributed by atoms with van der Waals surface area (Å²) in [7, 11) is 0. The Morgan fingerprint density at radius 3 is 3.00 bits per heavy atom. The van der Waals surface area contributed by atoms with Crippen molar-refractivity contribution in [2.24, 2.45) is 5.92 Å². The molecule has 2 unspecified atom stereocenters. The summed E-state index contributed by atoms with van der Waals surface area (Å²) in [6.07, 6.45) is 3.29. The van der Waals surface area contributed by atoms with Crippen LogP contribution in [0, 0.1) is 24.2 Å². The SMILES string of the molecule is Cc1ccc(NC2CCCC2CO)c(C#N)c1.